The van der Waals surface area contributed by atoms with Crippen molar-refractivity contribution in [2.75, 3.05) is 13.2 Å². The summed E-state index contributed by atoms with van der Waals surface area (Å²) in [5.41, 5.74) is 3.33. The van der Waals surface area contributed by atoms with Crippen LogP contribution >= 0.6 is 0 Å². The monoisotopic (exact) mass is 416 g/mol. The molecule has 0 bridgehead atoms. The van der Waals surface area contributed by atoms with Crippen LogP contribution < -0.4 is 4.74 Å². The minimum Gasteiger partial charge on any atom is -0.491 e. The summed E-state index contributed by atoms with van der Waals surface area (Å²) in [6.07, 6.45) is 5.55. The lowest BCUT2D eigenvalue weighted by molar-refractivity contribution is -0.0110. The van der Waals surface area contributed by atoms with Crippen LogP contribution in [0.25, 0.3) is 0 Å². The van der Waals surface area contributed by atoms with Crippen molar-refractivity contribution in [2.45, 2.75) is 63.1 Å². The van der Waals surface area contributed by atoms with E-state index < -0.39 is 9.84 Å². The second-order valence-electron chi connectivity index (χ2n) is 8.12. The normalized spacial score (nSPS) is 17.4. The molecular formula is C24H32O4S. The molecule has 5 heteroatoms. The zero-order valence-electron chi connectivity index (χ0n) is 17.5. The Labute approximate surface area is 175 Å². The van der Waals surface area contributed by atoms with E-state index in [0.717, 1.165) is 43.6 Å². The summed E-state index contributed by atoms with van der Waals surface area (Å²) in [6, 6.07) is 16.2. The third-order valence-electron chi connectivity index (χ3n) is 5.44. The molecule has 3 rings (SSSR count). The molecule has 1 aliphatic heterocycles. The highest BCUT2D eigenvalue weighted by atomic mass is 32.2. The van der Waals surface area contributed by atoms with Crippen molar-refractivity contribution < 1.29 is 17.9 Å². The molecule has 158 valence electrons. The van der Waals surface area contributed by atoms with E-state index in [1.165, 1.54) is 17.5 Å². The van der Waals surface area contributed by atoms with E-state index in [0.29, 0.717) is 6.61 Å². The quantitative estimate of drug-likeness (QED) is 0.592. The Balaban J connectivity index is 1.46. The molecular weight excluding hydrogens is 384 g/mol. The summed E-state index contributed by atoms with van der Waals surface area (Å²) in [5, 5.41) is -0.343. The fraction of sp³-hybridized carbons (Fsp3) is 0.500. The fourth-order valence-electron chi connectivity index (χ4n) is 3.37. The Morgan fingerprint density at radius 1 is 0.931 bits per heavy atom. The number of rotatable bonds is 9. The number of hydrogen-bond acceptors (Lipinski definition) is 4. The summed E-state index contributed by atoms with van der Waals surface area (Å²) >= 11 is 0. The Hall–Kier alpha value is -1.85. The summed E-state index contributed by atoms with van der Waals surface area (Å²) in [6.45, 7) is 4.92. The van der Waals surface area contributed by atoms with Gasteiger partial charge in [-0.25, -0.2) is 8.42 Å². The SMILES string of the molecule is CC(C)S(=O)(=O)Cc1ccc(CCc2ccc(OCC3CCCCO3)cc2)cc1. The van der Waals surface area contributed by atoms with Gasteiger partial charge in [0.2, 0.25) is 0 Å². The van der Waals surface area contributed by atoms with Crippen LogP contribution in [0.1, 0.15) is 49.8 Å². The number of hydrogen-bond donors (Lipinski definition) is 0. The predicted molar refractivity (Wildman–Crippen MR) is 117 cm³/mol. The van der Waals surface area contributed by atoms with Crippen LogP contribution in [-0.4, -0.2) is 33.0 Å². The third kappa shape index (κ3) is 6.86. The number of sulfone groups is 1. The molecule has 2 aromatic rings. The van der Waals surface area contributed by atoms with Gasteiger partial charge in [-0.05, 0) is 74.8 Å². The fourth-order valence-corrected chi connectivity index (χ4v) is 4.36. The van der Waals surface area contributed by atoms with Gasteiger partial charge in [-0.2, -0.15) is 0 Å². The molecule has 0 N–H and O–H groups in total. The molecule has 1 atom stereocenters. The molecule has 0 saturated carbocycles. The molecule has 0 spiro atoms. The first kappa shape index (κ1) is 21.8. The average Bonchev–Trinajstić information content (AvgIpc) is 2.73. The molecule has 1 saturated heterocycles. The van der Waals surface area contributed by atoms with Crippen LogP contribution in [0.2, 0.25) is 0 Å². The van der Waals surface area contributed by atoms with Gasteiger partial charge in [0.15, 0.2) is 9.84 Å². The zero-order valence-corrected chi connectivity index (χ0v) is 18.3. The summed E-state index contributed by atoms with van der Waals surface area (Å²) < 4.78 is 35.6. The molecule has 0 aromatic heterocycles. The van der Waals surface area contributed by atoms with Crippen molar-refractivity contribution in [1.82, 2.24) is 0 Å². The molecule has 1 heterocycles. The summed E-state index contributed by atoms with van der Waals surface area (Å²) in [7, 11) is -3.06. The maximum Gasteiger partial charge on any atom is 0.156 e. The molecule has 0 amide bonds. The largest absolute Gasteiger partial charge is 0.491 e. The van der Waals surface area contributed by atoms with Gasteiger partial charge in [0.1, 0.15) is 12.4 Å². The first-order chi connectivity index (χ1) is 13.9. The lowest BCUT2D eigenvalue weighted by Gasteiger charge is -2.22. The van der Waals surface area contributed by atoms with E-state index in [9.17, 15) is 8.42 Å². The van der Waals surface area contributed by atoms with E-state index in [2.05, 4.69) is 12.1 Å². The van der Waals surface area contributed by atoms with Crippen LogP contribution in [0.5, 0.6) is 5.75 Å². The van der Waals surface area contributed by atoms with E-state index in [1.54, 1.807) is 13.8 Å². The Kier molecular flexibility index (Phi) is 7.73. The molecule has 0 aliphatic carbocycles. The lowest BCUT2D eigenvalue weighted by atomic mass is 10.0. The van der Waals surface area contributed by atoms with Crippen molar-refractivity contribution in [3.05, 3.63) is 65.2 Å². The zero-order chi connectivity index (χ0) is 20.7. The Bertz CT molecular complexity index is 849. The molecule has 0 radical (unpaired) electrons. The molecule has 4 nitrogen and oxygen atoms in total. The maximum atomic E-state index is 12.0. The van der Waals surface area contributed by atoms with Crippen molar-refractivity contribution in [1.29, 1.82) is 0 Å². The first-order valence-corrected chi connectivity index (χ1v) is 12.3. The van der Waals surface area contributed by atoms with E-state index in [4.69, 9.17) is 9.47 Å². The highest BCUT2D eigenvalue weighted by molar-refractivity contribution is 7.91. The topological polar surface area (TPSA) is 52.6 Å². The predicted octanol–water partition coefficient (Wildman–Crippen LogP) is 4.74. The van der Waals surface area contributed by atoms with E-state index in [1.807, 2.05) is 36.4 Å². The molecule has 1 aliphatic rings. The van der Waals surface area contributed by atoms with Gasteiger partial charge in [0.25, 0.3) is 0 Å². The number of aryl methyl sites for hydroxylation is 2. The van der Waals surface area contributed by atoms with Gasteiger partial charge in [0.05, 0.1) is 17.1 Å². The summed E-state index contributed by atoms with van der Waals surface area (Å²) in [4.78, 5) is 0. The first-order valence-electron chi connectivity index (χ1n) is 10.5. The van der Waals surface area contributed by atoms with Crippen molar-refractivity contribution in [2.24, 2.45) is 0 Å². The van der Waals surface area contributed by atoms with Crippen molar-refractivity contribution in [3.63, 3.8) is 0 Å². The van der Waals surface area contributed by atoms with Gasteiger partial charge in [-0.1, -0.05) is 36.4 Å². The van der Waals surface area contributed by atoms with Crippen LogP contribution in [0, 0.1) is 0 Å². The molecule has 1 unspecified atom stereocenters. The van der Waals surface area contributed by atoms with Crippen LogP contribution in [0.4, 0.5) is 0 Å². The second kappa shape index (κ2) is 10.3. The molecule has 29 heavy (non-hydrogen) atoms. The minimum absolute atomic E-state index is 0.109. The molecule has 2 aromatic carbocycles. The smallest absolute Gasteiger partial charge is 0.156 e. The lowest BCUT2D eigenvalue weighted by Crippen LogP contribution is -2.25. The number of benzene rings is 2. The maximum absolute atomic E-state index is 12.0. The van der Waals surface area contributed by atoms with Gasteiger partial charge < -0.3 is 9.47 Å². The van der Waals surface area contributed by atoms with E-state index >= 15 is 0 Å². The number of ether oxygens (including phenoxy) is 2. The van der Waals surface area contributed by atoms with Crippen LogP contribution in [0.15, 0.2) is 48.5 Å². The molecule has 1 fully saturated rings. The highest BCUT2D eigenvalue weighted by Crippen LogP contribution is 2.18. The Morgan fingerprint density at radius 2 is 1.52 bits per heavy atom. The van der Waals surface area contributed by atoms with Crippen LogP contribution in [0.3, 0.4) is 0 Å². The van der Waals surface area contributed by atoms with Crippen molar-refractivity contribution in [3.8, 4) is 5.75 Å². The average molecular weight is 417 g/mol. The van der Waals surface area contributed by atoms with Gasteiger partial charge in [-0.15, -0.1) is 0 Å². The minimum atomic E-state index is -3.06. The van der Waals surface area contributed by atoms with Crippen molar-refractivity contribution >= 4 is 9.84 Å². The Morgan fingerprint density at radius 3 is 2.07 bits per heavy atom. The van der Waals surface area contributed by atoms with Gasteiger partial charge in [-0.3, -0.25) is 0 Å². The van der Waals surface area contributed by atoms with E-state index in [-0.39, 0.29) is 17.1 Å². The third-order valence-corrected chi connectivity index (χ3v) is 7.62. The van der Waals surface area contributed by atoms with Crippen LogP contribution in [-0.2, 0) is 33.2 Å². The van der Waals surface area contributed by atoms with Gasteiger partial charge >= 0.3 is 0 Å². The van der Waals surface area contributed by atoms with Gasteiger partial charge in [0, 0.05) is 6.61 Å². The highest BCUT2D eigenvalue weighted by Gasteiger charge is 2.16. The second-order valence-corrected chi connectivity index (χ2v) is 10.7. The standard InChI is InChI=1S/C24H32O4S/c1-19(2)29(25,26)18-22-10-8-20(9-11-22)6-7-21-12-14-23(15-13-21)28-17-24-5-3-4-16-27-24/h8-15,19,24H,3-7,16-18H2,1-2H3. The summed E-state index contributed by atoms with van der Waals surface area (Å²) in [5.74, 6) is 0.997.